The summed E-state index contributed by atoms with van der Waals surface area (Å²) < 4.78 is 0. The van der Waals surface area contributed by atoms with E-state index in [9.17, 15) is 4.79 Å². The fourth-order valence-corrected chi connectivity index (χ4v) is 3.18. The second-order valence-electron chi connectivity index (χ2n) is 5.92. The van der Waals surface area contributed by atoms with Crippen LogP contribution in [-0.4, -0.2) is 37.0 Å². The zero-order valence-electron chi connectivity index (χ0n) is 13.0. The Morgan fingerprint density at radius 1 is 1.24 bits per heavy atom. The van der Waals surface area contributed by atoms with Gasteiger partial charge in [0.15, 0.2) is 0 Å². The Hall–Kier alpha value is -1.22. The molecule has 0 bridgehead atoms. The molecule has 0 radical (unpaired) electrons. The first-order chi connectivity index (χ1) is 10.1. The highest BCUT2D eigenvalue weighted by atomic mass is 35.5. The minimum Gasteiger partial charge on any atom is -0.367 e. The van der Waals surface area contributed by atoms with E-state index in [0.29, 0.717) is 18.2 Å². The number of para-hydroxylation sites is 1. The summed E-state index contributed by atoms with van der Waals surface area (Å²) >= 11 is 6.24. The van der Waals surface area contributed by atoms with Crippen LogP contribution in [0, 0.1) is 5.92 Å². The van der Waals surface area contributed by atoms with E-state index in [-0.39, 0.29) is 0 Å². The minimum absolute atomic E-state index is 0.301. The van der Waals surface area contributed by atoms with Crippen LogP contribution >= 0.6 is 11.6 Å². The summed E-state index contributed by atoms with van der Waals surface area (Å²) in [7, 11) is 0. The average molecular weight is 309 g/mol. The number of halogens is 1. The molecular weight excluding hydrogens is 284 g/mol. The number of rotatable bonds is 5. The monoisotopic (exact) mass is 308 g/mol. The van der Waals surface area contributed by atoms with Crippen LogP contribution in [0.2, 0.25) is 5.02 Å². The second-order valence-corrected chi connectivity index (χ2v) is 6.32. The molecule has 1 aromatic rings. The van der Waals surface area contributed by atoms with E-state index < -0.39 is 0 Å². The predicted molar refractivity (Wildman–Crippen MR) is 88.9 cm³/mol. The van der Waals surface area contributed by atoms with Gasteiger partial charge in [-0.1, -0.05) is 50.4 Å². The molecule has 0 saturated carbocycles. The van der Waals surface area contributed by atoms with Crippen molar-refractivity contribution in [3.63, 3.8) is 0 Å². The molecule has 0 aromatic heterocycles. The first-order valence-corrected chi connectivity index (χ1v) is 8.27. The van der Waals surface area contributed by atoms with Gasteiger partial charge in [0.05, 0.1) is 10.7 Å². The number of carbonyl (C=O) groups excluding carboxylic acids is 1. The van der Waals surface area contributed by atoms with E-state index in [0.717, 1.165) is 49.7 Å². The molecule has 21 heavy (non-hydrogen) atoms. The molecule has 1 heterocycles. The third-order valence-electron chi connectivity index (χ3n) is 4.13. The molecule has 1 atom stereocenters. The Bertz CT molecular complexity index is 470. The SMILES string of the molecule is CCCC(C)CC(=O)N1CCN(c2ccccc2Cl)CC1. The van der Waals surface area contributed by atoms with Gasteiger partial charge < -0.3 is 9.80 Å². The maximum absolute atomic E-state index is 12.3. The van der Waals surface area contributed by atoms with Crippen LogP contribution in [0.4, 0.5) is 5.69 Å². The van der Waals surface area contributed by atoms with Gasteiger partial charge in [0.25, 0.3) is 0 Å². The molecule has 1 saturated heterocycles. The molecule has 1 fully saturated rings. The predicted octanol–water partition coefficient (Wildman–Crippen LogP) is 3.81. The molecule has 1 unspecified atom stereocenters. The van der Waals surface area contributed by atoms with E-state index in [1.165, 1.54) is 0 Å². The van der Waals surface area contributed by atoms with E-state index in [2.05, 4.69) is 18.7 Å². The molecule has 3 nitrogen and oxygen atoms in total. The standard InChI is InChI=1S/C17H25ClN2O/c1-3-6-14(2)13-17(21)20-11-9-19(10-12-20)16-8-5-4-7-15(16)18/h4-5,7-8,14H,3,6,9-13H2,1-2H3. The summed E-state index contributed by atoms with van der Waals surface area (Å²) in [6, 6.07) is 7.91. The zero-order valence-corrected chi connectivity index (χ0v) is 13.8. The Morgan fingerprint density at radius 2 is 1.90 bits per heavy atom. The van der Waals surface area contributed by atoms with Crippen molar-refractivity contribution in [1.29, 1.82) is 0 Å². The molecule has 0 aliphatic carbocycles. The lowest BCUT2D eigenvalue weighted by Crippen LogP contribution is -2.49. The van der Waals surface area contributed by atoms with Gasteiger partial charge in [0, 0.05) is 32.6 Å². The molecule has 1 aliphatic heterocycles. The first-order valence-electron chi connectivity index (χ1n) is 7.89. The molecule has 0 spiro atoms. The molecule has 116 valence electrons. The maximum atomic E-state index is 12.3. The summed E-state index contributed by atoms with van der Waals surface area (Å²) in [6.07, 6.45) is 2.96. The lowest BCUT2D eigenvalue weighted by Gasteiger charge is -2.37. The second kappa shape index (κ2) is 7.69. The van der Waals surface area contributed by atoms with Crippen molar-refractivity contribution in [3.8, 4) is 0 Å². The number of hydrogen-bond acceptors (Lipinski definition) is 2. The normalized spacial score (nSPS) is 16.9. The number of amides is 1. The lowest BCUT2D eigenvalue weighted by molar-refractivity contribution is -0.132. The highest BCUT2D eigenvalue weighted by Crippen LogP contribution is 2.26. The Morgan fingerprint density at radius 3 is 2.52 bits per heavy atom. The Balaban J connectivity index is 1.86. The number of anilines is 1. The Kier molecular flexibility index (Phi) is 5.92. The summed E-state index contributed by atoms with van der Waals surface area (Å²) in [5.41, 5.74) is 1.07. The molecule has 2 rings (SSSR count). The fourth-order valence-electron chi connectivity index (χ4n) is 2.93. The van der Waals surface area contributed by atoms with Crippen LogP contribution in [0.5, 0.6) is 0 Å². The molecular formula is C17H25ClN2O. The van der Waals surface area contributed by atoms with Crippen molar-refractivity contribution >= 4 is 23.2 Å². The molecule has 1 amide bonds. The van der Waals surface area contributed by atoms with Gasteiger partial charge in [0.1, 0.15) is 0 Å². The van der Waals surface area contributed by atoms with Crippen LogP contribution in [0.15, 0.2) is 24.3 Å². The third kappa shape index (κ3) is 4.37. The number of nitrogens with zero attached hydrogens (tertiary/aromatic N) is 2. The van der Waals surface area contributed by atoms with E-state index in [4.69, 9.17) is 11.6 Å². The summed E-state index contributed by atoms with van der Waals surface area (Å²) in [6.45, 7) is 7.64. The largest absolute Gasteiger partial charge is 0.367 e. The van der Waals surface area contributed by atoms with Gasteiger partial charge in [-0.25, -0.2) is 0 Å². The van der Waals surface area contributed by atoms with Crippen molar-refractivity contribution in [2.45, 2.75) is 33.1 Å². The van der Waals surface area contributed by atoms with E-state index in [1.807, 2.05) is 29.2 Å². The number of carbonyl (C=O) groups is 1. The van der Waals surface area contributed by atoms with E-state index >= 15 is 0 Å². The van der Waals surface area contributed by atoms with Gasteiger partial charge >= 0.3 is 0 Å². The first kappa shape index (κ1) is 16.2. The maximum Gasteiger partial charge on any atom is 0.222 e. The lowest BCUT2D eigenvalue weighted by atomic mass is 10.0. The molecule has 0 N–H and O–H groups in total. The summed E-state index contributed by atoms with van der Waals surface area (Å²) in [5, 5.41) is 0.786. The van der Waals surface area contributed by atoms with Gasteiger partial charge in [-0.05, 0) is 18.1 Å². The van der Waals surface area contributed by atoms with Gasteiger partial charge in [-0.2, -0.15) is 0 Å². The van der Waals surface area contributed by atoms with Gasteiger partial charge in [0.2, 0.25) is 5.91 Å². The van der Waals surface area contributed by atoms with Crippen LogP contribution in [0.3, 0.4) is 0 Å². The fraction of sp³-hybridized carbons (Fsp3) is 0.588. The average Bonchev–Trinajstić information content (AvgIpc) is 2.48. The van der Waals surface area contributed by atoms with Crippen molar-refractivity contribution in [2.75, 3.05) is 31.1 Å². The third-order valence-corrected chi connectivity index (χ3v) is 4.45. The van der Waals surface area contributed by atoms with E-state index in [1.54, 1.807) is 0 Å². The minimum atomic E-state index is 0.301. The topological polar surface area (TPSA) is 23.6 Å². The number of hydrogen-bond donors (Lipinski definition) is 0. The quantitative estimate of drug-likeness (QED) is 0.825. The van der Waals surface area contributed by atoms with Crippen LogP contribution in [0.25, 0.3) is 0 Å². The summed E-state index contributed by atoms with van der Waals surface area (Å²) in [5.74, 6) is 0.791. The van der Waals surface area contributed by atoms with Crippen molar-refractivity contribution < 1.29 is 4.79 Å². The van der Waals surface area contributed by atoms with Gasteiger partial charge in [-0.3, -0.25) is 4.79 Å². The molecule has 4 heteroatoms. The van der Waals surface area contributed by atoms with Crippen molar-refractivity contribution in [1.82, 2.24) is 4.90 Å². The van der Waals surface area contributed by atoms with Crippen molar-refractivity contribution in [3.05, 3.63) is 29.3 Å². The van der Waals surface area contributed by atoms with Crippen LogP contribution in [0.1, 0.15) is 33.1 Å². The summed E-state index contributed by atoms with van der Waals surface area (Å²) in [4.78, 5) is 16.5. The number of piperazine rings is 1. The zero-order chi connectivity index (χ0) is 15.2. The molecule has 1 aliphatic rings. The number of benzene rings is 1. The molecule has 1 aromatic carbocycles. The smallest absolute Gasteiger partial charge is 0.222 e. The van der Waals surface area contributed by atoms with Crippen molar-refractivity contribution in [2.24, 2.45) is 5.92 Å². The highest BCUT2D eigenvalue weighted by molar-refractivity contribution is 6.33. The van der Waals surface area contributed by atoms with Crippen LogP contribution in [-0.2, 0) is 4.79 Å². The van der Waals surface area contributed by atoms with Gasteiger partial charge in [-0.15, -0.1) is 0 Å². The van der Waals surface area contributed by atoms with Crippen LogP contribution < -0.4 is 4.90 Å². The Labute approximate surface area is 132 Å². The highest BCUT2D eigenvalue weighted by Gasteiger charge is 2.23.